The van der Waals surface area contributed by atoms with E-state index in [2.05, 4.69) is 24.3 Å². The lowest BCUT2D eigenvalue weighted by Crippen LogP contribution is -2.53. The molecule has 0 aliphatic heterocycles. The Hall–Kier alpha value is -1.88. The Balaban J connectivity index is 1.78. The fourth-order valence-electron chi connectivity index (χ4n) is 3.73. The Morgan fingerprint density at radius 2 is 2.00 bits per heavy atom. The van der Waals surface area contributed by atoms with Gasteiger partial charge in [-0.2, -0.15) is 0 Å². The Bertz CT molecular complexity index is 745. The van der Waals surface area contributed by atoms with E-state index in [1.807, 2.05) is 0 Å². The van der Waals surface area contributed by atoms with Crippen molar-refractivity contribution in [3.8, 4) is 0 Å². The molecule has 1 fully saturated rings. The zero-order valence-electron chi connectivity index (χ0n) is 14.6. The van der Waals surface area contributed by atoms with Crippen LogP contribution in [0.3, 0.4) is 0 Å². The Labute approximate surface area is 142 Å². The predicted molar refractivity (Wildman–Crippen MR) is 92.7 cm³/mol. The summed E-state index contributed by atoms with van der Waals surface area (Å²) < 4.78 is 19.1. The number of halogens is 1. The first-order chi connectivity index (χ1) is 11.4. The van der Waals surface area contributed by atoms with E-state index in [0.29, 0.717) is 23.1 Å². The minimum absolute atomic E-state index is 0.0138. The molecule has 130 valence electrons. The summed E-state index contributed by atoms with van der Waals surface area (Å²) in [6, 6.07) is 4.32. The largest absolute Gasteiger partial charge is 0.451 e. The van der Waals surface area contributed by atoms with Gasteiger partial charge in [0.2, 0.25) is 0 Å². The minimum atomic E-state index is -0.327. The number of hydrogen-bond acceptors (Lipinski definition) is 3. The zero-order valence-corrected chi connectivity index (χ0v) is 14.6. The van der Waals surface area contributed by atoms with Gasteiger partial charge >= 0.3 is 0 Å². The van der Waals surface area contributed by atoms with E-state index >= 15 is 0 Å². The van der Waals surface area contributed by atoms with Crippen LogP contribution in [0.25, 0.3) is 11.0 Å². The van der Waals surface area contributed by atoms with E-state index < -0.39 is 0 Å². The molecular weight excluding hydrogens is 307 g/mol. The van der Waals surface area contributed by atoms with E-state index in [-0.39, 0.29) is 23.0 Å². The molecule has 3 rings (SSSR count). The van der Waals surface area contributed by atoms with Crippen molar-refractivity contribution in [3.05, 3.63) is 35.3 Å². The number of furan rings is 1. The van der Waals surface area contributed by atoms with Crippen LogP contribution in [0.2, 0.25) is 0 Å². The number of hydrogen-bond donors (Lipinski definition) is 1. The molecule has 4 nitrogen and oxygen atoms in total. The molecule has 24 heavy (non-hydrogen) atoms. The van der Waals surface area contributed by atoms with Crippen molar-refractivity contribution in [3.63, 3.8) is 0 Å². The molecule has 2 aromatic rings. The number of benzene rings is 1. The second-order valence-electron chi connectivity index (χ2n) is 7.06. The first-order valence-electron chi connectivity index (χ1n) is 8.57. The Morgan fingerprint density at radius 1 is 1.29 bits per heavy atom. The van der Waals surface area contributed by atoms with Crippen LogP contribution < -0.4 is 5.32 Å². The molecule has 0 bridgehead atoms. The lowest BCUT2D eigenvalue weighted by atomic mass is 9.80. The third kappa shape index (κ3) is 3.05. The van der Waals surface area contributed by atoms with E-state index in [1.54, 1.807) is 13.0 Å². The molecule has 1 heterocycles. The quantitative estimate of drug-likeness (QED) is 0.924. The number of aryl methyl sites for hydroxylation is 1. The fourth-order valence-corrected chi connectivity index (χ4v) is 3.73. The molecule has 5 heteroatoms. The first kappa shape index (κ1) is 17.0. The number of fused-ring (bicyclic) bond motifs is 1. The van der Waals surface area contributed by atoms with Crippen LogP contribution in [0.4, 0.5) is 4.39 Å². The number of carbonyl (C=O) groups is 1. The van der Waals surface area contributed by atoms with Gasteiger partial charge in [-0.05, 0) is 52.1 Å². The highest BCUT2D eigenvalue weighted by molar-refractivity contribution is 5.98. The summed E-state index contributed by atoms with van der Waals surface area (Å²) in [7, 11) is 4.15. The van der Waals surface area contributed by atoms with E-state index in [1.165, 1.54) is 31.4 Å². The molecule has 1 N–H and O–H groups in total. The fraction of sp³-hybridized carbons (Fsp3) is 0.526. The van der Waals surface area contributed by atoms with Gasteiger partial charge in [0, 0.05) is 23.0 Å². The number of carbonyl (C=O) groups excluding carboxylic acids is 1. The number of nitrogens with zero attached hydrogens (tertiary/aromatic N) is 1. The van der Waals surface area contributed by atoms with Crippen LogP contribution in [-0.2, 0) is 0 Å². The molecular formula is C19H25FN2O2. The lowest BCUT2D eigenvalue weighted by molar-refractivity contribution is 0.0780. The maximum absolute atomic E-state index is 13.4. The summed E-state index contributed by atoms with van der Waals surface area (Å²) in [6.07, 6.45) is 5.82. The second-order valence-corrected chi connectivity index (χ2v) is 7.06. The van der Waals surface area contributed by atoms with Gasteiger partial charge in [-0.25, -0.2) is 4.39 Å². The van der Waals surface area contributed by atoms with Gasteiger partial charge in [0.15, 0.2) is 5.76 Å². The van der Waals surface area contributed by atoms with Crippen LogP contribution in [0.15, 0.2) is 22.6 Å². The number of rotatable bonds is 4. The van der Waals surface area contributed by atoms with Crippen molar-refractivity contribution in [2.45, 2.75) is 44.6 Å². The van der Waals surface area contributed by atoms with Gasteiger partial charge in [-0.3, -0.25) is 4.79 Å². The van der Waals surface area contributed by atoms with Gasteiger partial charge in [0.05, 0.1) is 0 Å². The third-order valence-corrected chi connectivity index (χ3v) is 5.42. The molecule has 1 aromatic carbocycles. The average molecular weight is 332 g/mol. The minimum Gasteiger partial charge on any atom is -0.451 e. The highest BCUT2D eigenvalue weighted by Crippen LogP contribution is 2.32. The number of likely N-dealkylation sites (N-methyl/N-ethyl adjacent to an activating group) is 1. The van der Waals surface area contributed by atoms with Gasteiger partial charge in [-0.1, -0.05) is 19.3 Å². The molecule has 0 unspecified atom stereocenters. The van der Waals surface area contributed by atoms with Gasteiger partial charge in [0.1, 0.15) is 11.4 Å². The van der Waals surface area contributed by atoms with Crippen molar-refractivity contribution in [1.29, 1.82) is 0 Å². The molecule has 1 aliphatic carbocycles. The summed E-state index contributed by atoms with van der Waals surface area (Å²) in [5.74, 6) is -0.275. The van der Waals surface area contributed by atoms with Crippen molar-refractivity contribution >= 4 is 16.9 Å². The summed E-state index contributed by atoms with van der Waals surface area (Å²) in [6.45, 7) is 2.40. The van der Waals surface area contributed by atoms with Crippen LogP contribution >= 0.6 is 0 Å². The molecule has 1 aliphatic rings. The standard InChI is InChI=1S/C19H25FN2O2/c1-13-15-11-14(20)7-8-16(15)24-17(13)18(23)21-12-19(22(2)3)9-5-4-6-10-19/h7-8,11H,4-6,9-10,12H2,1-3H3,(H,21,23). The topological polar surface area (TPSA) is 45.5 Å². The average Bonchev–Trinajstić information content (AvgIpc) is 2.90. The molecule has 0 saturated heterocycles. The molecule has 0 spiro atoms. The number of nitrogens with one attached hydrogen (secondary N) is 1. The van der Waals surface area contributed by atoms with Gasteiger partial charge in [0.25, 0.3) is 5.91 Å². The zero-order chi connectivity index (χ0) is 17.3. The van der Waals surface area contributed by atoms with Crippen LogP contribution in [0.1, 0.15) is 48.2 Å². The smallest absolute Gasteiger partial charge is 0.287 e. The van der Waals surface area contributed by atoms with Crippen molar-refractivity contribution in [2.24, 2.45) is 0 Å². The normalized spacial score (nSPS) is 17.4. The Morgan fingerprint density at radius 3 is 2.67 bits per heavy atom. The van der Waals surface area contributed by atoms with Crippen molar-refractivity contribution < 1.29 is 13.6 Å². The molecule has 1 aromatic heterocycles. The summed E-state index contributed by atoms with van der Waals surface area (Å²) in [4.78, 5) is 14.8. The maximum atomic E-state index is 13.4. The van der Waals surface area contributed by atoms with E-state index in [0.717, 1.165) is 12.8 Å². The van der Waals surface area contributed by atoms with E-state index in [9.17, 15) is 9.18 Å². The van der Waals surface area contributed by atoms with Crippen molar-refractivity contribution in [1.82, 2.24) is 10.2 Å². The monoisotopic (exact) mass is 332 g/mol. The summed E-state index contributed by atoms with van der Waals surface area (Å²) in [5.41, 5.74) is 1.24. The lowest BCUT2D eigenvalue weighted by Gasteiger charge is -2.43. The SMILES string of the molecule is Cc1c(C(=O)NCC2(N(C)C)CCCCC2)oc2ccc(F)cc12. The van der Waals surface area contributed by atoms with Gasteiger partial charge in [-0.15, -0.1) is 0 Å². The predicted octanol–water partition coefficient (Wildman–Crippen LogP) is 3.87. The highest BCUT2D eigenvalue weighted by Gasteiger charge is 2.35. The van der Waals surface area contributed by atoms with Crippen LogP contribution in [-0.4, -0.2) is 37.0 Å². The molecule has 0 radical (unpaired) electrons. The maximum Gasteiger partial charge on any atom is 0.287 e. The molecule has 1 saturated carbocycles. The molecule has 1 amide bonds. The van der Waals surface area contributed by atoms with Gasteiger partial charge < -0.3 is 14.6 Å². The first-order valence-corrected chi connectivity index (χ1v) is 8.57. The Kier molecular flexibility index (Phi) is 4.63. The summed E-state index contributed by atoms with van der Waals surface area (Å²) >= 11 is 0. The van der Waals surface area contributed by atoms with Crippen LogP contribution in [0, 0.1) is 12.7 Å². The third-order valence-electron chi connectivity index (χ3n) is 5.42. The number of amides is 1. The highest BCUT2D eigenvalue weighted by atomic mass is 19.1. The summed E-state index contributed by atoms with van der Waals surface area (Å²) in [5, 5.41) is 3.69. The second kappa shape index (κ2) is 6.55. The van der Waals surface area contributed by atoms with Crippen LogP contribution in [0.5, 0.6) is 0 Å². The van der Waals surface area contributed by atoms with E-state index in [4.69, 9.17) is 4.42 Å². The molecule has 0 atom stereocenters. The van der Waals surface area contributed by atoms with Crippen molar-refractivity contribution in [2.75, 3.05) is 20.6 Å².